The number of sulfonamides is 1. The Labute approximate surface area is 215 Å². The second-order valence-electron chi connectivity index (χ2n) is 11.3. The first-order valence-electron chi connectivity index (χ1n) is 12.5. The van der Waals surface area contributed by atoms with Crippen molar-refractivity contribution in [1.82, 2.24) is 14.2 Å². The van der Waals surface area contributed by atoms with Crippen LogP contribution in [0.3, 0.4) is 0 Å². The quantitative estimate of drug-likeness (QED) is 0.403. The van der Waals surface area contributed by atoms with E-state index in [1.54, 1.807) is 10.9 Å². The van der Waals surface area contributed by atoms with Gasteiger partial charge in [-0.3, -0.25) is 9.59 Å². The predicted molar refractivity (Wildman–Crippen MR) is 140 cm³/mol. The van der Waals surface area contributed by atoms with E-state index < -0.39 is 42.4 Å². The number of hydrogen-bond acceptors (Lipinski definition) is 6. The molecule has 0 spiro atoms. The average molecular weight is 538 g/mol. The molecule has 2 heterocycles. The monoisotopic (exact) mass is 537 g/mol. The molecule has 1 N–H and O–H groups in total. The maximum Gasteiger partial charge on any atom is 0.329 e. The largest absolute Gasteiger partial charge is 0.459 e. The fourth-order valence-electron chi connectivity index (χ4n) is 4.74. The summed E-state index contributed by atoms with van der Waals surface area (Å²) < 4.78 is 32.2. The Hall–Kier alpha value is -2.24. The van der Waals surface area contributed by atoms with Crippen LogP contribution in [0, 0.1) is 0 Å². The minimum atomic E-state index is -3.37. The van der Waals surface area contributed by atoms with Crippen LogP contribution in [0.5, 0.6) is 0 Å². The summed E-state index contributed by atoms with van der Waals surface area (Å²) in [6, 6.07) is 7.43. The molecule has 0 aromatic heterocycles. The molecule has 2 saturated heterocycles. The number of likely N-dealkylation sites (tertiary alicyclic amines) is 1. The van der Waals surface area contributed by atoms with Crippen molar-refractivity contribution in [1.29, 1.82) is 0 Å². The van der Waals surface area contributed by atoms with Gasteiger partial charge in [-0.1, -0.05) is 64.2 Å². The van der Waals surface area contributed by atoms with Crippen molar-refractivity contribution >= 4 is 36.0 Å². The van der Waals surface area contributed by atoms with Gasteiger partial charge in [0.05, 0.1) is 5.75 Å². The van der Waals surface area contributed by atoms with Gasteiger partial charge in [-0.25, -0.2) is 17.2 Å². The molecule has 200 valence electrons. The molecule has 9 nitrogen and oxygen atoms in total. The molecule has 2 amide bonds. The summed E-state index contributed by atoms with van der Waals surface area (Å²) in [5.41, 5.74) is 0.868. The topological polar surface area (TPSA) is 113 Å². The van der Waals surface area contributed by atoms with Gasteiger partial charge in [-0.15, -0.1) is 0 Å². The zero-order valence-electron chi connectivity index (χ0n) is 22.1. The Bertz CT molecular complexity index is 1090. The number of esters is 1. The number of nitrogens with zero attached hydrogens (tertiary/aromatic N) is 2. The molecule has 3 rings (SSSR count). The molecule has 3 atom stereocenters. The minimum absolute atomic E-state index is 0.00586. The van der Waals surface area contributed by atoms with Gasteiger partial charge in [0.1, 0.15) is 26.9 Å². The van der Waals surface area contributed by atoms with Crippen LogP contribution < -0.4 is 5.32 Å². The van der Waals surface area contributed by atoms with Crippen LogP contribution in [-0.2, 0) is 35.8 Å². The lowest BCUT2D eigenvalue weighted by Crippen LogP contribution is -2.70. The van der Waals surface area contributed by atoms with E-state index in [1.807, 2.05) is 64.2 Å². The zero-order valence-corrected chi connectivity index (χ0v) is 23.9. The number of nitrogens with one attached hydrogen (secondary N) is 1. The summed E-state index contributed by atoms with van der Waals surface area (Å²) in [7, 11) is -5.75. The fraction of sp³-hybridized carbons (Fsp3) is 0.640. The first kappa shape index (κ1) is 28.3. The van der Waals surface area contributed by atoms with Gasteiger partial charge in [0.15, 0.2) is 0 Å². The van der Waals surface area contributed by atoms with E-state index in [0.29, 0.717) is 19.4 Å². The van der Waals surface area contributed by atoms with Crippen LogP contribution in [0.2, 0.25) is 18.1 Å². The van der Waals surface area contributed by atoms with Crippen molar-refractivity contribution < 1.29 is 27.5 Å². The smallest absolute Gasteiger partial charge is 0.329 e. The molecule has 2 aliphatic heterocycles. The Morgan fingerprint density at radius 1 is 1.17 bits per heavy atom. The number of carbonyl (C=O) groups is 3. The second-order valence-corrected chi connectivity index (χ2v) is 18.6. The summed E-state index contributed by atoms with van der Waals surface area (Å²) in [6.07, 6.45) is 1.20. The van der Waals surface area contributed by atoms with E-state index in [0.717, 1.165) is 5.56 Å². The number of ether oxygens (including phenoxy) is 1. The molecule has 0 radical (unpaired) electrons. The standard InChI is InChI=1S/C25H39N3O6SSi/c1-18(26-22(29)15-20-17-35(32,33)28(20)36(5,6)25(2,3)4)23(30)27-14-10-13-21(27)24(31)34-16-19-11-8-7-9-12-19/h7-9,11-12,18,20-21H,10,13-17H2,1-6H3,(H,26,29)/t18-,20?,21-/m0/s1. The van der Waals surface area contributed by atoms with Crippen LogP contribution in [0.1, 0.15) is 52.5 Å². The molecular formula is C25H39N3O6SSi. The van der Waals surface area contributed by atoms with Crippen molar-refractivity contribution in [3.8, 4) is 0 Å². The third-order valence-corrected chi connectivity index (χ3v) is 16.7. The summed E-state index contributed by atoms with van der Waals surface area (Å²) in [5, 5.41) is 2.53. The van der Waals surface area contributed by atoms with Gasteiger partial charge in [0, 0.05) is 19.0 Å². The van der Waals surface area contributed by atoms with E-state index in [-0.39, 0.29) is 35.6 Å². The van der Waals surface area contributed by atoms with Gasteiger partial charge in [-0.05, 0) is 30.4 Å². The van der Waals surface area contributed by atoms with Crippen molar-refractivity contribution in [2.75, 3.05) is 12.3 Å². The molecule has 1 aromatic rings. The summed E-state index contributed by atoms with van der Waals surface area (Å²) in [4.78, 5) is 40.1. The molecule has 0 aliphatic carbocycles. The van der Waals surface area contributed by atoms with E-state index in [2.05, 4.69) is 5.32 Å². The van der Waals surface area contributed by atoms with Crippen LogP contribution in [0.25, 0.3) is 0 Å². The SMILES string of the molecule is C[C@H](NC(=O)CC1CS(=O)(=O)N1[Si](C)(C)C(C)(C)C)C(=O)N1CCC[C@H]1C(=O)OCc1ccccc1. The molecule has 2 aliphatic rings. The first-order valence-corrected chi connectivity index (χ1v) is 17.0. The van der Waals surface area contributed by atoms with Gasteiger partial charge in [-0.2, -0.15) is 0 Å². The lowest BCUT2D eigenvalue weighted by atomic mass is 10.2. The number of carbonyl (C=O) groups excluding carboxylic acids is 3. The van der Waals surface area contributed by atoms with Gasteiger partial charge >= 0.3 is 5.97 Å². The highest BCUT2D eigenvalue weighted by molar-refractivity contribution is 7.92. The van der Waals surface area contributed by atoms with E-state index in [4.69, 9.17) is 4.74 Å². The lowest BCUT2D eigenvalue weighted by Gasteiger charge is -2.53. The third kappa shape index (κ3) is 6.00. The second kappa shape index (κ2) is 10.6. The number of hydrogen-bond donors (Lipinski definition) is 1. The fourth-order valence-corrected chi connectivity index (χ4v) is 11.7. The maximum atomic E-state index is 13.1. The zero-order chi connectivity index (χ0) is 26.9. The Balaban J connectivity index is 1.56. The molecule has 2 fully saturated rings. The van der Waals surface area contributed by atoms with Crippen LogP contribution in [0.15, 0.2) is 30.3 Å². The Morgan fingerprint density at radius 3 is 2.39 bits per heavy atom. The summed E-state index contributed by atoms with van der Waals surface area (Å²) in [6.45, 7) is 12.3. The number of benzene rings is 1. The van der Waals surface area contributed by atoms with Crippen LogP contribution in [-0.4, -0.2) is 73.7 Å². The third-order valence-electron chi connectivity index (χ3n) is 7.62. The normalized spacial score (nSPS) is 23.0. The lowest BCUT2D eigenvalue weighted by molar-refractivity contribution is -0.155. The minimum Gasteiger partial charge on any atom is -0.459 e. The molecule has 36 heavy (non-hydrogen) atoms. The molecule has 11 heteroatoms. The molecule has 1 aromatic carbocycles. The maximum absolute atomic E-state index is 13.1. The van der Waals surface area contributed by atoms with Crippen molar-refractivity contribution in [3.63, 3.8) is 0 Å². The highest BCUT2D eigenvalue weighted by Crippen LogP contribution is 2.44. The van der Waals surface area contributed by atoms with Crippen molar-refractivity contribution in [2.45, 2.75) is 89.8 Å². The van der Waals surface area contributed by atoms with Crippen molar-refractivity contribution in [2.24, 2.45) is 0 Å². The van der Waals surface area contributed by atoms with Gasteiger partial charge in [0.25, 0.3) is 0 Å². The number of rotatable bonds is 8. The van der Waals surface area contributed by atoms with Gasteiger partial charge in [0.2, 0.25) is 21.8 Å². The molecule has 0 saturated carbocycles. The van der Waals surface area contributed by atoms with E-state index >= 15 is 0 Å². The van der Waals surface area contributed by atoms with Crippen LogP contribution in [0.4, 0.5) is 0 Å². The Morgan fingerprint density at radius 2 is 1.81 bits per heavy atom. The highest BCUT2D eigenvalue weighted by atomic mass is 32.2. The predicted octanol–water partition coefficient (Wildman–Crippen LogP) is 2.63. The van der Waals surface area contributed by atoms with Crippen LogP contribution >= 0.6 is 0 Å². The van der Waals surface area contributed by atoms with E-state index in [1.165, 1.54) is 4.90 Å². The summed E-state index contributed by atoms with van der Waals surface area (Å²) >= 11 is 0. The molecule has 0 bridgehead atoms. The van der Waals surface area contributed by atoms with E-state index in [9.17, 15) is 22.8 Å². The number of amides is 2. The average Bonchev–Trinajstić information content (AvgIpc) is 3.25. The molecular weight excluding hydrogens is 498 g/mol. The molecule has 1 unspecified atom stereocenters. The first-order chi connectivity index (χ1) is 16.6. The highest BCUT2D eigenvalue weighted by Gasteiger charge is 2.56. The van der Waals surface area contributed by atoms with Crippen molar-refractivity contribution in [3.05, 3.63) is 35.9 Å². The Kier molecular flexibility index (Phi) is 8.36. The summed E-state index contributed by atoms with van der Waals surface area (Å²) in [5.74, 6) is -1.23. The van der Waals surface area contributed by atoms with Gasteiger partial charge < -0.3 is 15.0 Å².